The number of carbonyl (C=O) groups excluding carboxylic acids is 1. The summed E-state index contributed by atoms with van der Waals surface area (Å²) in [4.78, 5) is 23.4. The summed E-state index contributed by atoms with van der Waals surface area (Å²) in [6.07, 6.45) is -0.189. The molecule has 7 heteroatoms. The zero-order chi connectivity index (χ0) is 13.8. The Balaban J connectivity index is 4.78. The van der Waals surface area contributed by atoms with Crippen molar-refractivity contribution in [1.29, 1.82) is 0 Å². The van der Waals surface area contributed by atoms with Crippen molar-refractivity contribution in [3.63, 3.8) is 0 Å². The number of nitrogens with zero attached hydrogens (tertiary/aromatic N) is 1. The van der Waals surface area contributed by atoms with Gasteiger partial charge in [-0.1, -0.05) is 13.8 Å². The fraction of sp³-hybridized carbons (Fsp3) is 0.800. The molecule has 0 bridgehead atoms. The SMILES string of the molecule is CC(C)C(C(=O)O)S(=O)(=O)CCC(=O)N(C)C. The van der Waals surface area contributed by atoms with E-state index in [0.29, 0.717) is 0 Å². The number of carboxylic acid groups (broad SMARTS) is 1. The Morgan fingerprint density at radius 1 is 1.24 bits per heavy atom. The standard InChI is InChI=1S/C10H19NO5S/c1-7(2)9(10(13)14)17(15,16)6-5-8(12)11(3)4/h7,9H,5-6H2,1-4H3,(H,13,14). The largest absolute Gasteiger partial charge is 0.480 e. The maximum absolute atomic E-state index is 11.8. The molecule has 100 valence electrons. The summed E-state index contributed by atoms with van der Waals surface area (Å²) in [5.74, 6) is -2.65. The first-order valence-electron chi connectivity index (χ1n) is 5.24. The van der Waals surface area contributed by atoms with E-state index in [4.69, 9.17) is 5.11 Å². The van der Waals surface area contributed by atoms with E-state index in [1.54, 1.807) is 0 Å². The highest BCUT2D eigenvalue weighted by atomic mass is 32.2. The van der Waals surface area contributed by atoms with Gasteiger partial charge in [0, 0.05) is 20.5 Å². The molecule has 0 saturated carbocycles. The van der Waals surface area contributed by atoms with Crippen molar-refractivity contribution in [1.82, 2.24) is 4.90 Å². The number of carbonyl (C=O) groups is 2. The van der Waals surface area contributed by atoms with Gasteiger partial charge in [0.05, 0.1) is 5.75 Å². The second-order valence-corrected chi connectivity index (χ2v) is 6.65. The predicted molar refractivity (Wildman–Crippen MR) is 63.4 cm³/mol. The highest BCUT2D eigenvalue weighted by Crippen LogP contribution is 2.15. The van der Waals surface area contributed by atoms with Gasteiger partial charge in [0.1, 0.15) is 0 Å². The molecule has 1 N–H and O–H groups in total. The minimum absolute atomic E-state index is 0.189. The summed E-state index contributed by atoms with van der Waals surface area (Å²) in [6.45, 7) is 3.06. The quantitative estimate of drug-likeness (QED) is 0.729. The number of aliphatic carboxylic acids is 1. The van der Waals surface area contributed by atoms with Crippen molar-refractivity contribution in [3.05, 3.63) is 0 Å². The van der Waals surface area contributed by atoms with Crippen LogP contribution in [-0.4, -0.2) is 55.4 Å². The van der Waals surface area contributed by atoms with E-state index in [-0.39, 0.29) is 12.3 Å². The molecule has 0 heterocycles. The maximum atomic E-state index is 11.8. The first-order valence-corrected chi connectivity index (χ1v) is 6.95. The number of carboxylic acids is 1. The normalized spacial score (nSPS) is 13.5. The lowest BCUT2D eigenvalue weighted by Crippen LogP contribution is -2.37. The summed E-state index contributed by atoms with van der Waals surface area (Å²) in [5.41, 5.74) is 0. The van der Waals surface area contributed by atoms with Crippen molar-refractivity contribution in [2.24, 2.45) is 5.92 Å². The van der Waals surface area contributed by atoms with Crippen molar-refractivity contribution >= 4 is 21.7 Å². The number of hydrogen-bond donors (Lipinski definition) is 1. The van der Waals surface area contributed by atoms with Crippen LogP contribution in [-0.2, 0) is 19.4 Å². The Hall–Kier alpha value is -1.11. The van der Waals surface area contributed by atoms with E-state index < -0.39 is 32.7 Å². The minimum atomic E-state index is -3.80. The van der Waals surface area contributed by atoms with Crippen molar-refractivity contribution in [2.45, 2.75) is 25.5 Å². The zero-order valence-corrected chi connectivity index (χ0v) is 11.3. The zero-order valence-electron chi connectivity index (χ0n) is 10.5. The highest BCUT2D eigenvalue weighted by molar-refractivity contribution is 7.92. The van der Waals surface area contributed by atoms with E-state index in [1.807, 2.05) is 0 Å². The van der Waals surface area contributed by atoms with E-state index in [2.05, 4.69) is 0 Å². The van der Waals surface area contributed by atoms with Gasteiger partial charge < -0.3 is 10.0 Å². The number of sulfone groups is 1. The smallest absolute Gasteiger partial charge is 0.322 e. The van der Waals surface area contributed by atoms with Gasteiger partial charge in [0.25, 0.3) is 0 Å². The van der Waals surface area contributed by atoms with Gasteiger partial charge in [-0.05, 0) is 5.92 Å². The third-order valence-corrected chi connectivity index (χ3v) is 4.63. The Morgan fingerprint density at radius 2 is 1.71 bits per heavy atom. The summed E-state index contributed by atoms with van der Waals surface area (Å²) >= 11 is 0. The second kappa shape index (κ2) is 6.00. The summed E-state index contributed by atoms with van der Waals surface area (Å²) in [6, 6.07) is 0. The first kappa shape index (κ1) is 15.9. The molecule has 0 aromatic rings. The Morgan fingerprint density at radius 3 is 2.00 bits per heavy atom. The van der Waals surface area contributed by atoms with Gasteiger partial charge in [-0.2, -0.15) is 0 Å². The molecule has 0 spiro atoms. The predicted octanol–water partition coefficient (Wildman–Crippen LogP) is -0.0113. The lowest BCUT2D eigenvalue weighted by Gasteiger charge is -2.17. The van der Waals surface area contributed by atoms with Crippen molar-refractivity contribution < 1.29 is 23.1 Å². The van der Waals surface area contributed by atoms with Gasteiger partial charge in [0.2, 0.25) is 5.91 Å². The second-order valence-electron chi connectivity index (χ2n) is 4.41. The molecule has 0 aliphatic rings. The van der Waals surface area contributed by atoms with Crippen LogP contribution in [0.2, 0.25) is 0 Å². The lowest BCUT2D eigenvalue weighted by atomic mass is 10.1. The molecule has 0 aliphatic heterocycles. The average molecular weight is 265 g/mol. The molecule has 1 unspecified atom stereocenters. The minimum Gasteiger partial charge on any atom is -0.480 e. The van der Waals surface area contributed by atoms with Crippen LogP contribution in [0.4, 0.5) is 0 Å². The van der Waals surface area contributed by atoms with Crippen molar-refractivity contribution in [3.8, 4) is 0 Å². The van der Waals surface area contributed by atoms with Crippen LogP contribution in [0, 0.1) is 5.92 Å². The van der Waals surface area contributed by atoms with Gasteiger partial charge in [0.15, 0.2) is 15.1 Å². The fourth-order valence-corrected chi connectivity index (χ4v) is 3.28. The summed E-state index contributed by atoms with van der Waals surface area (Å²) in [5, 5.41) is 7.43. The molecular formula is C10H19NO5S. The topological polar surface area (TPSA) is 91.7 Å². The summed E-state index contributed by atoms with van der Waals surface area (Å²) < 4.78 is 23.6. The molecule has 6 nitrogen and oxygen atoms in total. The van der Waals surface area contributed by atoms with Gasteiger partial charge in [-0.15, -0.1) is 0 Å². The van der Waals surface area contributed by atoms with E-state index in [1.165, 1.54) is 32.8 Å². The Bertz CT molecular complexity index is 386. The molecule has 1 atom stereocenters. The van der Waals surface area contributed by atoms with Crippen molar-refractivity contribution in [2.75, 3.05) is 19.8 Å². The van der Waals surface area contributed by atoms with Gasteiger partial charge >= 0.3 is 5.97 Å². The van der Waals surface area contributed by atoms with Crippen LogP contribution in [0.25, 0.3) is 0 Å². The first-order chi connectivity index (χ1) is 7.59. The van der Waals surface area contributed by atoms with Crippen LogP contribution in [0.5, 0.6) is 0 Å². The van der Waals surface area contributed by atoms with E-state index in [9.17, 15) is 18.0 Å². The van der Waals surface area contributed by atoms with Crippen LogP contribution in [0.15, 0.2) is 0 Å². The molecule has 0 aliphatic carbocycles. The molecular weight excluding hydrogens is 246 g/mol. The Kier molecular flexibility index (Phi) is 5.60. The maximum Gasteiger partial charge on any atom is 0.322 e. The monoisotopic (exact) mass is 265 g/mol. The molecule has 0 aromatic carbocycles. The van der Waals surface area contributed by atoms with Gasteiger partial charge in [-0.25, -0.2) is 8.42 Å². The van der Waals surface area contributed by atoms with E-state index in [0.717, 1.165) is 0 Å². The Labute approximate surface area is 102 Å². The van der Waals surface area contributed by atoms with Gasteiger partial charge in [-0.3, -0.25) is 9.59 Å². The van der Waals surface area contributed by atoms with Crippen LogP contribution in [0.1, 0.15) is 20.3 Å². The molecule has 0 radical (unpaired) electrons. The van der Waals surface area contributed by atoms with Crippen LogP contribution < -0.4 is 0 Å². The number of amides is 1. The lowest BCUT2D eigenvalue weighted by molar-refractivity contribution is -0.137. The molecule has 0 fully saturated rings. The molecule has 0 aromatic heterocycles. The third-order valence-electron chi connectivity index (χ3n) is 2.34. The highest BCUT2D eigenvalue weighted by Gasteiger charge is 2.35. The number of rotatable bonds is 6. The van der Waals surface area contributed by atoms with Crippen LogP contribution >= 0.6 is 0 Å². The molecule has 0 saturated heterocycles. The fourth-order valence-electron chi connectivity index (χ4n) is 1.43. The average Bonchev–Trinajstić information content (AvgIpc) is 2.11. The van der Waals surface area contributed by atoms with Crippen LogP contribution in [0.3, 0.4) is 0 Å². The third kappa shape index (κ3) is 4.72. The molecule has 17 heavy (non-hydrogen) atoms. The summed E-state index contributed by atoms with van der Waals surface area (Å²) in [7, 11) is -0.757. The van der Waals surface area contributed by atoms with E-state index >= 15 is 0 Å². The number of hydrogen-bond acceptors (Lipinski definition) is 4. The molecule has 0 rings (SSSR count). The molecule has 1 amide bonds.